The van der Waals surface area contributed by atoms with Crippen LogP contribution in [0.25, 0.3) is 0 Å². The van der Waals surface area contributed by atoms with E-state index in [9.17, 15) is 14.4 Å². The molecule has 2 fully saturated rings. The number of aromatic nitrogens is 2. The first kappa shape index (κ1) is 39.0. The molecule has 5 aliphatic rings. The molecule has 3 atom stereocenters. The van der Waals surface area contributed by atoms with Gasteiger partial charge in [0.1, 0.15) is 23.3 Å². The molecule has 2 aromatic carbocycles. The van der Waals surface area contributed by atoms with Gasteiger partial charge in [-0.1, -0.05) is 41.6 Å². The second-order valence-electron chi connectivity index (χ2n) is 16.1. The van der Waals surface area contributed by atoms with Gasteiger partial charge in [0.2, 0.25) is 11.8 Å². The number of nitrogens with one attached hydrogen (secondary N) is 2. The van der Waals surface area contributed by atoms with Crippen LogP contribution in [0.3, 0.4) is 0 Å². The number of hydrazone groups is 1. The lowest BCUT2D eigenvalue weighted by Gasteiger charge is -2.32. The number of rotatable bonds is 8. The van der Waals surface area contributed by atoms with Crippen molar-refractivity contribution in [1.29, 1.82) is 0 Å². The van der Waals surface area contributed by atoms with Gasteiger partial charge in [-0.05, 0) is 88.9 Å². The molecule has 2 saturated heterocycles. The number of imide groups is 1. The average Bonchev–Trinajstić information content (AvgIpc) is 3.97. The molecule has 15 heteroatoms. The summed E-state index contributed by atoms with van der Waals surface area (Å²) in [5.41, 5.74) is 7.52. The maximum Gasteiger partial charge on any atom is 0.255 e. The minimum atomic E-state index is -0.617. The molecule has 0 spiro atoms. The molecule has 59 heavy (non-hydrogen) atoms. The standard InChI is InChI=1S/C44H47ClN10O3S/c1-26-37(59-44-39(26)40(31-9-11-32(45)12-10-31)48-27(2)41-50-51(4)28(3)55(41)44)14-8-30-23-47-53(24-30)21-20-52-18-16-29(17-19-52)22-46-35-7-5-6-33-34(35)25-54(43(33)58)36-13-15-38(56)49-42(36)57/h5-7,9-12,23-24,27-29,36,46H,13,15-22,25H2,1-4H3,(H,49,56,57)/t27-,28?,36?/m0/s1. The molecule has 2 unspecified atom stereocenters. The number of piperidine rings is 2. The molecule has 9 rings (SSSR count). The first-order valence-corrected chi connectivity index (χ1v) is 21.6. The van der Waals surface area contributed by atoms with Gasteiger partial charge in [0.25, 0.3) is 5.91 Å². The average molecular weight is 831 g/mol. The van der Waals surface area contributed by atoms with Crippen molar-refractivity contribution in [3.8, 4) is 11.8 Å². The lowest BCUT2D eigenvalue weighted by atomic mass is 9.96. The molecule has 0 saturated carbocycles. The number of aliphatic imine (C=N–C) groups is 1. The molecule has 3 amide bonds. The number of halogens is 1. The monoisotopic (exact) mass is 830 g/mol. The van der Waals surface area contributed by atoms with Gasteiger partial charge in [0.15, 0.2) is 5.84 Å². The van der Waals surface area contributed by atoms with Crippen LogP contribution in [0.4, 0.5) is 10.7 Å². The summed E-state index contributed by atoms with van der Waals surface area (Å²) in [4.78, 5) is 50.1. The number of thiophene rings is 1. The van der Waals surface area contributed by atoms with Gasteiger partial charge < -0.3 is 15.1 Å². The maximum absolute atomic E-state index is 13.2. The highest BCUT2D eigenvalue weighted by Crippen LogP contribution is 2.43. The Hall–Kier alpha value is -5.49. The van der Waals surface area contributed by atoms with E-state index in [1.165, 1.54) is 0 Å². The topological polar surface area (TPSA) is 131 Å². The normalized spacial score (nSPS) is 21.9. The number of hydrogen-bond donors (Lipinski definition) is 2. The smallest absolute Gasteiger partial charge is 0.255 e. The summed E-state index contributed by atoms with van der Waals surface area (Å²) < 4.78 is 1.99. The minimum absolute atomic E-state index is 0.0513. The predicted molar refractivity (Wildman–Crippen MR) is 231 cm³/mol. The second kappa shape index (κ2) is 15.9. The Labute approximate surface area is 353 Å². The fraction of sp³-hybridized carbons (Fsp3) is 0.409. The van der Waals surface area contributed by atoms with Crippen LogP contribution in [-0.4, -0.2) is 105 Å². The number of fused-ring (bicyclic) bond motifs is 4. The molecule has 7 heterocycles. The van der Waals surface area contributed by atoms with Crippen LogP contribution in [0, 0.1) is 24.7 Å². The van der Waals surface area contributed by atoms with E-state index < -0.39 is 6.04 Å². The maximum atomic E-state index is 13.2. The van der Waals surface area contributed by atoms with Crippen LogP contribution in [0.1, 0.15) is 82.6 Å². The molecular weight excluding hydrogens is 784 g/mol. The first-order valence-electron chi connectivity index (χ1n) is 20.4. The van der Waals surface area contributed by atoms with E-state index in [0.29, 0.717) is 29.5 Å². The summed E-state index contributed by atoms with van der Waals surface area (Å²) in [7, 11) is 2.01. The zero-order valence-corrected chi connectivity index (χ0v) is 35.2. The Bertz CT molecular complexity index is 2450. The molecule has 0 aliphatic carbocycles. The Morgan fingerprint density at radius 3 is 2.59 bits per heavy atom. The third-order valence-electron chi connectivity index (χ3n) is 12.3. The SMILES string of the molecule is Cc1c(C#Cc2cnn(CCN3CCC(CNc4cccc5c4CN(C4CCC(=O)NC4=O)C5=O)CC3)c2)sc2c1C(c1ccc(Cl)cc1)=N[C@@H](C)C1=NN(C)C(C)N12. The highest BCUT2D eigenvalue weighted by atomic mass is 35.5. The van der Waals surface area contributed by atoms with Crippen molar-refractivity contribution in [3.63, 3.8) is 0 Å². The molecule has 2 N–H and O–H groups in total. The van der Waals surface area contributed by atoms with Crippen LogP contribution < -0.4 is 15.5 Å². The van der Waals surface area contributed by atoms with Crippen molar-refractivity contribution in [2.75, 3.05) is 43.4 Å². The molecule has 4 aromatic rings. The fourth-order valence-electron chi connectivity index (χ4n) is 8.76. The lowest BCUT2D eigenvalue weighted by molar-refractivity contribution is -0.136. The zero-order valence-electron chi connectivity index (χ0n) is 33.7. The summed E-state index contributed by atoms with van der Waals surface area (Å²) in [5, 5.41) is 19.3. The van der Waals surface area contributed by atoms with Gasteiger partial charge in [0, 0.05) is 72.3 Å². The Kier molecular flexibility index (Phi) is 10.5. The van der Waals surface area contributed by atoms with E-state index in [0.717, 1.165) is 100 Å². The highest BCUT2D eigenvalue weighted by Gasteiger charge is 2.41. The lowest BCUT2D eigenvalue weighted by Crippen LogP contribution is -2.52. The number of carbonyl (C=O) groups excluding carboxylic acids is 3. The number of likely N-dealkylation sites (tertiary alicyclic amines) is 1. The Morgan fingerprint density at radius 1 is 1.02 bits per heavy atom. The van der Waals surface area contributed by atoms with Crippen molar-refractivity contribution in [1.82, 2.24) is 29.9 Å². The van der Waals surface area contributed by atoms with Gasteiger partial charge >= 0.3 is 0 Å². The van der Waals surface area contributed by atoms with Crippen LogP contribution in [0.15, 0.2) is 65.0 Å². The summed E-state index contributed by atoms with van der Waals surface area (Å²) in [5.74, 6) is 7.51. The Morgan fingerprint density at radius 2 is 1.81 bits per heavy atom. The quantitative estimate of drug-likeness (QED) is 0.175. The molecular formula is C44H47ClN10O3S. The summed E-state index contributed by atoms with van der Waals surface area (Å²) in [6, 6.07) is 12.9. The Balaban J connectivity index is 0.806. The van der Waals surface area contributed by atoms with Gasteiger partial charge in [-0.15, -0.1) is 11.3 Å². The number of nitrogens with zero attached hydrogens (tertiary/aromatic N) is 8. The van der Waals surface area contributed by atoms with Crippen LogP contribution in [-0.2, 0) is 22.7 Å². The highest BCUT2D eigenvalue weighted by molar-refractivity contribution is 7.17. The summed E-state index contributed by atoms with van der Waals surface area (Å²) in [6.45, 7) is 11.3. The predicted octanol–water partition coefficient (Wildman–Crippen LogP) is 5.54. The molecule has 304 valence electrons. The minimum Gasteiger partial charge on any atom is -0.384 e. The van der Waals surface area contributed by atoms with Crippen molar-refractivity contribution >= 4 is 62.9 Å². The second-order valence-corrected chi connectivity index (χ2v) is 17.5. The van der Waals surface area contributed by atoms with Crippen LogP contribution in [0.2, 0.25) is 5.02 Å². The number of anilines is 2. The van der Waals surface area contributed by atoms with Gasteiger partial charge in [0.05, 0.1) is 28.9 Å². The van der Waals surface area contributed by atoms with Gasteiger partial charge in [-0.2, -0.15) is 10.2 Å². The number of amidine groups is 1. The third kappa shape index (κ3) is 7.52. The molecule has 5 aliphatic heterocycles. The third-order valence-corrected chi connectivity index (χ3v) is 13.7. The van der Waals surface area contributed by atoms with Crippen molar-refractivity contribution in [2.45, 2.75) is 77.8 Å². The van der Waals surface area contributed by atoms with Crippen molar-refractivity contribution in [2.24, 2.45) is 16.0 Å². The molecule has 13 nitrogen and oxygen atoms in total. The number of hydrogen-bond acceptors (Lipinski definition) is 11. The van der Waals surface area contributed by atoms with Crippen molar-refractivity contribution < 1.29 is 14.4 Å². The fourth-order valence-corrected chi connectivity index (χ4v) is 10.1. The van der Waals surface area contributed by atoms with Crippen molar-refractivity contribution in [3.05, 3.63) is 98.1 Å². The van der Waals surface area contributed by atoms with E-state index in [1.807, 2.05) is 71.6 Å². The number of amides is 3. The number of carbonyl (C=O) groups is 3. The summed E-state index contributed by atoms with van der Waals surface area (Å²) in [6.07, 6.45) is 6.69. The zero-order chi connectivity index (χ0) is 40.9. The molecule has 0 bridgehead atoms. The first-order chi connectivity index (χ1) is 28.5. The van der Waals surface area contributed by atoms with E-state index in [2.05, 4.69) is 58.1 Å². The van der Waals surface area contributed by atoms with Crippen LogP contribution >= 0.6 is 22.9 Å². The van der Waals surface area contributed by atoms with Gasteiger partial charge in [-0.25, -0.2) is 0 Å². The van der Waals surface area contributed by atoms with E-state index in [4.69, 9.17) is 21.7 Å². The van der Waals surface area contributed by atoms with E-state index in [-0.39, 0.29) is 36.3 Å². The molecule has 2 aromatic heterocycles. The number of benzene rings is 2. The summed E-state index contributed by atoms with van der Waals surface area (Å²) >= 11 is 7.96. The largest absolute Gasteiger partial charge is 0.384 e. The van der Waals surface area contributed by atoms with Gasteiger partial charge in [-0.3, -0.25) is 39.3 Å². The van der Waals surface area contributed by atoms with Crippen LogP contribution in [0.5, 0.6) is 0 Å². The molecule has 0 radical (unpaired) electrons. The van der Waals surface area contributed by atoms with E-state index >= 15 is 0 Å². The van der Waals surface area contributed by atoms with E-state index in [1.54, 1.807) is 16.2 Å².